The average Bonchev–Trinajstić information content (AvgIpc) is 2.48. The van der Waals surface area contributed by atoms with Crippen molar-refractivity contribution in [3.05, 3.63) is 0 Å². The molecule has 0 amide bonds. The third-order valence-corrected chi connectivity index (χ3v) is 4.14. The molecule has 1 rings (SSSR count). The Kier molecular flexibility index (Phi) is 5.08. The molecule has 2 unspecified atom stereocenters. The summed E-state index contributed by atoms with van der Waals surface area (Å²) in [4.78, 5) is 0. The Morgan fingerprint density at radius 2 is 0.533 bits per heavy atom. The van der Waals surface area contributed by atoms with Crippen LogP contribution >= 0.6 is 0 Å². The lowest BCUT2D eigenvalue weighted by atomic mass is 9.60. The lowest BCUT2D eigenvalue weighted by Crippen LogP contribution is -2.94. The molecule has 0 aromatic carbocycles. The molecule has 0 spiro atoms. The number of rotatable bonds is 4. The van der Waals surface area contributed by atoms with Crippen LogP contribution in [0.2, 0.25) is 0 Å². The Labute approximate surface area is 150 Å². The van der Waals surface area contributed by atoms with Crippen LogP contribution in [0.3, 0.4) is 0 Å². The minimum absolute atomic E-state index is 7.67. The predicted molar refractivity (Wildman–Crippen MR) is 51.7 cm³/mol. The normalized spacial score (nSPS) is 34.0. The molecular weight excluding hydrogens is 494 g/mol. The molecule has 180 valence electrons. The molecule has 1 fully saturated rings. The lowest BCUT2D eigenvalue weighted by molar-refractivity contribution is -0.539. The van der Waals surface area contributed by atoms with Crippen molar-refractivity contribution < 1.29 is 89.2 Å². The van der Waals surface area contributed by atoms with Gasteiger partial charge >= 0.3 is 47.8 Å². The Hall–Kier alpha value is -1.34. The second-order valence-electron chi connectivity index (χ2n) is 5.85. The van der Waals surface area contributed by atoms with Crippen LogP contribution in [0.5, 0.6) is 0 Å². The van der Waals surface area contributed by atoms with Crippen LogP contribution in [0, 0.1) is 0 Å². The van der Waals surface area contributed by atoms with E-state index in [1.165, 1.54) is 0 Å². The van der Waals surface area contributed by atoms with Gasteiger partial charge in [0, 0.05) is 0 Å². The van der Waals surface area contributed by atoms with Crippen molar-refractivity contribution >= 4 is 0 Å². The number of hydrogen-bond acceptors (Lipinski definition) is 2. The Bertz CT molecular complexity index is 643. The smallest absolute Gasteiger partial charge is 0.331 e. The van der Waals surface area contributed by atoms with Gasteiger partial charge in [0.05, 0.1) is 0 Å². The van der Waals surface area contributed by atoms with Crippen molar-refractivity contribution in [2.75, 3.05) is 0 Å². The zero-order chi connectivity index (χ0) is 25.0. The summed E-state index contributed by atoms with van der Waals surface area (Å²) in [6, 6.07) is 0. The van der Waals surface area contributed by atoms with Gasteiger partial charge in [0.1, 0.15) is 0 Å². The van der Waals surface area contributed by atoms with Crippen LogP contribution in [-0.4, -0.2) is 69.3 Å². The molecule has 0 aliphatic heterocycles. The number of aliphatic hydroxyl groups is 2. The highest BCUT2D eigenvalue weighted by molar-refractivity contribution is 5.37. The van der Waals surface area contributed by atoms with E-state index in [1.54, 1.807) is 0 Å². The fraction of sp³-hybridized carbons (Fsp3) is 1.00. The van der Waals surface area contributed by atoms with Gasteiger partial charge in [-0.15, -0.1) is 0 Å². The number of halogens is 18. The van der Waals surface area contributed by atoms with Gasteiger partial charge in [0.15, 0.2) is 0 Å². The van der Waals surface area contributed by atoms with Gasteiger partial charge in [-0.1, -0.05) is 0 Å². The molecule has 0 radical (unpaired) electrons. The van der Waals surface area contributed by atoms with Gasteiger partial charge in [-0.25, -0.2) is 8.78 Å². The topological polar surface area (TPSA) is 40.5 Å². The standard InChI is InChI=1S/C10H2F18O2/c11-1(5(17,18)9(25,26)29)2(12,6(19,20)10(27,28)30)4(15,16)8(23,24)7(21,22)3(1,13)14/h29-30H. The fourth-order valence-corrected chi connectivity index (χ4v) is 2.50. The molecule has 0 saturated heterocycles. The van der Waals surface area contributed by atoms with E-state index < -0.39 is 59.1 Å². The van der Waals surface area contributed by atoms with E-state index in [4.69, 9.17) is 10.2 Å². The molecule has 2 N–H and O–H groups in total. The first-order valence-corrected chi connectivity index (χ1v) is 6.35. The highest BCUT2D eigenvalue weighted by Crippen LogP contribution is 2.76. The maximum atomic E-state index is 14.3. The van der Waals surface area contributed by atoms with Crippen LogP contribution in [-0.2, 0) is 0 Å². The molecule has 30 heavy (non-hydrogen) atoms. The maximum absolute atomic E-state index is 14.3. The van der Waals surface area contributed by atoms with Crippen molar-refractivity contribution in [1.29, 1.82) is 0 Å². The largest absolute Gasteiger partial charge is 0.420 e. The van der Waals surface area contributed by atoms with Crippen LogP contribution in [0.4, 0.5) is 79.0 Å². The number of alkyl halides is 18. The molecule has 0 aromatic heterocycles. The van der Waals surface area contributed by atoms with E-state index in [9.17, 15) is 79.0 Å². The van der Waals surface area contributed by atoms with Gasteiger partial charge < -0.3 is 10.2 Å². The predicted octanol–water partition coefficient (Wildman–Crippen LogP) is 4.40. The molecule has 2 atom stereocenters. The third-order valence-electron chi connectivity index (χ3n) is 4.14. The van der Waals surface area contributed by atoms with Crippen molar-refractivity contribution in [1.82, 2.24) is 0 Å². The minimum atomic E-state index is -9.13. The molecule has 20 heteroatoms. The molecule has 1 aliphatic rings. The average molecular weight is 496 g/mol. The molecule has 2 nitrogen and oxygen atoms in total. The molecular formula is C10H2F18O2. The second kappa shape index (κ2) is 5.71. The summed E-state index contributed by atoms with van der Waals surface area (Å²) in [5, 5.41) is 15.3. The van der Waals surface area contributed by atoms with Crippen LogP contribution < -0.4 is 0 Å². The highest BCUT2D eigenvalue weighted by Gasteiger charge is 3.10. The zero-order valence-electron chi connectivity index (χ0n) is 12.7. The van der Waals surface area contributed by atoms with Gasteiger partial charge in [-0.05, 0) is 0 Å². The first-order chi connectivity index (χ1) is 12.5. The SMILES string of the molecule is OC(F)(F)C(F)(F)C1(F)C(F)(F)C(F)(F)C(F)(F)C(F)(F)C1(F)C(F)(F)C(O)(F)F. The van der Waals surface area contributed by atoms with Gasteiger partial charge in [-0.3, -0.25) is 0 Å². The van der Waals surface area contributed by atoms with Gasteiger partial charge in [0.2, 0.25) is 0 Å². The molecule has 0 heterocycles. The summed E-state index contributed by atoms with van der Waals surface area (Å²) in [6.45, 7) is 0. The zero-order valence-corrected chi connectivity index (χ0v) is 12.7. The first-order valence-electron chi connectivity index (χ1n) is 6.35. The van der Waals surface area contributed by atoms with Crippen molar-refractivity contribution in [2.24, 2.45) is 0 Å². The van der Waals surface area contributed by atoms with E-state index in [-0.39, 0.29) is 0 Å². The highest BCUT2D eigenvalue weighted by atomic mass is 19.4. The van der Waals surface area contributed by atoms with E-state index in [2.05, 4.69) is 0 Å². The second-order valence-corrected chi connectivity index (χ2v) is 5.85. The van der Waals surface area contributed by atoms with E-state index in [0.29, 0.717) is 0 Å². The molecule has 1 saturated carbocycles. The third kappa shape index (κ3) is 2.23. The van der Waals surface area contributed by atoms with Crippen molar-refractivity contribution in [2.45, 2.75) is 59.1 Å². The summed E-state index contributed by atoms with van der Waals surface area (Å²) in [6.07, 6.45) is -15.6. The summed E-state index contributed by atoms with van der Waals surface area (Å²) >= 11 is 0. The lowest BCUT2D eigenvalue weighted by Gasteiger charge is -2.58. The fourth-order valence-electron chi connectivity index (χ4n) is 2.50. The van der Waals surface area contributed by atoms with E-state index in [0.717, 1.165) is 0 Å². The van der Waals surface area contributed by atoms with Crippen molar-refractivity contribution in [3.63, 3.8) is 0 Å². The monoisotopic (exact) mass is 496 g/mol. The minimum Gasteiger partial charge on any atom is -0.331 e. The molecule has 0 aromatic rings. The maximum Gasteiger partial charge on any atom is 0.420 e. The number of hydrogen-bond donors (Lipinski definition) is 2. The van der Waals surface area contributed by atoms with Gasteiger partial charge in [-0.2, -0.15) is 70.2 Å². The summed E-state index contributed by atoms with van der Waals surface area (Å²) in [5.74, 6) is -51.9. The summed E-state index contributed by atoms with van der Waals surface area (Å²) in [5.41, 5.74) is -18.3. The Morgan fingerprint density at radius 3 is 0.667 bits per heavy atom. The van der Waals surface area contributed by atoms with E-state index in [1.807, 2.05) is 0 Å². The van der Waals surface area contributed by atoms with Crippen LogP contribution in [0.15, 0.2) is 0 Å². The van der Waals surface area contributed by atoms with Crippen LogP contribution in [0.25, 0.3) is 0 Å². The molecule has 0 bridgehead atoms. The first kappa shape index (κ1) is 26.7. The van der Waals surface area contributed by atoms with Gasteiger partial charge in [0.25, 0.3) is 11.3 Å². The molecule has 1 aliphatic carbocycles. The van der Waals surface area contributed by atoms with Crippen molar-refractivity contribution in [3.8, 4) is 0 Å². The Morgan fingerprint density at radius 1 is 0.367 bits per heavy atom. The Balaban J connectivity index is 4.47. The quantitative estimate of drug-likeness (QED) is 0.567. The summed E-state index contributed by atoms with van der Waals surface area (Å²) < 4.78 is 239. The van der Waals surface area contributed by atoms with Crippen LogP contribution in [0.1, 0.15) is 0 Å². The van der Waals surface area contributed by atoms with E-state index >= 15 is 0 Å². The summed E-state index contributed by atoms with van der Waals surface area (Å²) in [7, 11) is 0.